The lowest BCUT2D eigenvalue weighted by Crippen LogP contribution is -2.36. The molecule has 1 aliphatic rings. The molecule has 3 aromatic rings. The van der Waals surface area contributed by atoms with Crippen molar-refractivity contribution in [1.29, 1.82) is 0 Å². The monoisotopic (exact) mass is 393 g/mol. The Balaban J connectivity index is 0.00000225. The van der Waals surface area contributed by atoms with E-state index in [1.165, 1.54) is 6.40 Å². The van der Waals surface area contributed by atoms with Crippen molar-refractivity contribution in [2.24, 2.45) is 10.7 Å². The number of Topliss-reactive ketones (excluding diaryl/α,β-unsaturated/α-hetero) is 1. The van der Waals surface area contributed by atoms with Crippen LogP contribution in [0.4, 0.5) is 5.69 Å². The summed E-state index contributed by atoms with van der Waals surface area (Å²) in [5.74, 6) is -0.429. The standard InChI is InChI=1S/C20H18BN3O3.H2S/c22-10-17(15-3-4-19-18(9-15)21(26)27-12-24-19)20(25)8-13-1-2-16-11-23-6-5-14(16)7-13;/h1-7,9,11-12,17,26H,8,10,22H2;1H2/t17-;/m1./s1. The topological polar surface area (TPSA) is 97.8 Å². The van der Waals surface area contributed by atoms with Crippen LogP contribution in [0.15, 0.2) is 59.9 Å². The summed E-state index contributed by atoms with van der Waals surface area (Å²) in [5.41, 5.74) is 8.77. The lowest BCUT2D eigenvalue weighted by atomic mass is 9.75. The van der Waals surface area contributed by atoms with Crippen LogP contribution in [0.3, 0.4) is 0 Å². The first kappa shape index (κ1) is 20.1. The first-order valence-corrected chi connectivity index (χ1v) is 8.71. The molecule has 8 heteroatoms. The number of nitrogens with zero attached hydrogens (tertiary/aromatic N) is 2. The Morgan fingerprint density at radius 1 is 1.18 bits per heavy atom. The van der Waals surface area contributed by atoms with Crippen LogP contribution in [-0.2, 0) is 15.9 Å². The highest BCUT2D eigenvalue weighted by Gasteiger charge is 2.27. The number of ketones is 1. The smallest absolute Gasteiger partial charge is 0.524 e. The van der Waals surface area contributed by atoms with Crippen LogP contribution >= 0.6 is 13.5 Å². The third-order valence-corrected chi connectivity index (χ3v) is 4.81. The Morgan fingerprint density at radius 3 is 2.86 bits per heavy atom. The van der Waals surface area contributed by atoms with E-state index in [1.807, 2.05) is 30.3 Å². The minimum atomic E-state index is -1.08. The van der Waals surface area contributed by atoms with Crippen LogP contribution in [0, 0.1) is 0 Å². The van der Waals surface area contributed by atoms with Gasteiger partial charge in [-0.25, -0.2) is 4.99 Å². The highest BCUT2D eigenvalue weighted by molar-refractivity contribution is 7.59. The van der Waals surface area contributed by atoms with Crippen LogP contribution in [0.1, 0.15) is 17.0 Å². The van der Waals surface area contributed by atoms with Crippen LogP contribution in [-0.4, -0.2) is 35.9 Å². The van der Waals surface area contributed by atoms with Gasteiger partial charge in [-0.15, -0.1) is 0 Å². The van der Waals surface area contributed by atoms with Gasteiger partial charge in [0.05, 0.1) is 11.6 Å². The molecule has 1 atom stereocenters. The molecular weight excluding hydrogens is 373 g/mol. The molecule has 0 radical (unpaired) electrons. The molecule has 1 aromatic heterocycles. The van der Waals surface area contributed by atoms with Gasteiger partial charge in [0.1, 0.15) is 5.78 Å². The third-order valence-electron chi connectivity index (χ3n) is 4.81. The normalized spacial score (nSPS) is 13.4. The quantitative estimate of drug-likeness (QED) is 0.642. The highest BCUT2D eigenvalue weighted by atomic mass is 32.1. The Hall–Kier alpha value is -2.68. The van der Waals surface area contributed by atoms with E-state index in [-0.39, 0.29) is 32.2 Å². The Morgan fingerprint density at radius 2 is 2.04 bits per heavy atom. The second-order valence-electron chi connectivity index (χ2n) is 6.53. The van der Waals surface area contributed by atoms with Gasteiger partial charge in [-0.2, -0.15) is 13.5 Å². The van der Waals surface area contributed by atoms with Crippen LogP contribution in [0.5, 0.6) is 0 Å². The van der Waals surface area contributed by atoms with Crippen molar-refractivity contribution in [2.75, 3.05) is 6.54 Å². The van der Waals surface area contributed by atoms with Crippen molar-refractivity contribution in [3.05, 3.63) is 66.0 Å². The molecule has 28 heavy (non-hydrogen) atoms. The number of hydrogen-bond donors (Lipinski definition) is 2. The molecule has 0 spiro atoms. The zero-order chi connectivity index (χ0) is 18.8. The fourth-order valence-electron chi connectivity index (χ4n) is 3.34. The third kappa shape index (κ3) is 3.94. The van der Waals surface area contributed by atoms with Gasteiger partial charge in [0.25, 0.3) is 0 Å². The van der Waals surface area contributed by atoms with Gasteiger partial charge in [-0.05, 0) is 28.6 Å². The van der Waals surface area contributed by atoms with Gasteiger partial charge in [0.15, 0.2) is 6.40 Å². The molecule has 6 nitrogen and oxygen atoms in total. The number of rotatable bonds is 5. The van der Waals surface area contributed by atoms with Crippen LogP contribution < -0.4 is 11.2 Å². The predicted molar refractivity (Wildman–Crippen MR) is 116 cm³/mol. The first-order chi connectivity index (χ1) is 13.2. The van der Waals surface area contributed by atoms with E-state index in [9.17, 15) is 9.82 Å². The maximum atomic E-state index is 12.9. The molecule has 0 fully saturated rings. The average molecular weight is 393 g/mol. The Kier molecular flexibility index (Phi) is 6.13. The molecule has 0 bridgehead atoms. The molecular formula is C20H20BN3O3S. The second kappa shape index (κ2) is 8.56. The van der Waals surface area contributed by atoms with E-state index in [2.05, 4.69) is 9.98 Å². The SMILES string of the molecule is NC[C@@H](C(=O)Cc1ccc2cnccc2c1)c1ccc2c(c1)B(O)OC=N2.S. The molecule has 3 N–H and O–H groups in total. The molecule has 0 amide bonds. The number of carbonyl (C=O) groups is 1. The van der Waals surface area contributed by atoms with E-state index in [4.69, 9.17) is 10.4 Å². The lowest BCUT2D eigenvalue weighted by Gasteiger charge is -2.18. The zero-order valence-corrected chi connectivity index (χ0v) is 16.1. The minimum absolute atomic E-state index is 0. The number of hydrogen-bond acceptors (Lipinski definition) is 6. The van der Waals surface area contributed by atoms with Crippen molar-refractivity contribution in [3.63, 3.8) is 0 Å². The predicted octanol–water partition coefficient (Wildman–Crippen LogP) is 1.58. The number of fused-ring (bicyclic) bond motifs is 2. The van der Waals surface area contributed by atoms with Gasteiger partial charge in [0, 0.05) is 36.2 Å². The number of benzene rings is 2. The van der Waals surface area contributed by atoms with Gasteiger partial charge < -0.3 is 15.4 Å². The minimum Gasteiger partial charge on any atom is -0.524 e. The van der Waals surface area contributed by atoms with Crippen molar-refractivity contribution >= 4 is 54.7 Å². The van der Waals surface area contributed by atoms with Crippen molar-refractivity contribution < 1.29 is 14.5 Å². The summed E-state index contributed by atoms with van der Waals surface area (Å²) in [6.45, 7) is 0.190. The number of nitrogens with two attached hydrogens (primary N) is 1. The number of carbonyl (C=O) groups excluding carboxylic acids is 1. The summed E-state index contributed by atoms with van der Waals surface area (Å²) >= 11 is 0. The highest BCUT2D eigenvalue weighted by Crippen LogP contribution is 2.23. The van der Waals surface area contributed by atoms with Crippen molar-refractivity contribution in [1.82, 2.24) is 4.98 Å². The van der Waals surface area contributed by atoms with Gasteiger partial charge in [-0.3, -0.25) is 9.78 Å². The Bertz CT molecular complexity index is 1040. The molecule has 1 aliphatic heterocycles. The fraction of sp³-hybridized carbons (Fsp3) is 0.150. The first-order valence-electron chi connectivity index (χ1n) is 8.71. The summed E-state index contributed by atoms with van der Waals surface area (Å²) in [6.07, 6.45) is 5.04. The Labute approximate surface area is 170 Å². The van der Waals surface area contributed by atoms with E-state index < -0.39 is 13.0 Å². The summed E-state index contributed by atoms with van der Waals surface area (Å²) < 4.78 is 5.01. The summed E-state index contributed by atoms with van der Waals surface area (Å²) in [6, 6.07) is 13.2. The van der Waals surface area contributed by atoms with E-state index in [0.717, 1.165) is 21.9 Å². The number of aromatic nitrogens is 1. The molecule has 4 rings (SSSR count). The summed E-state index contributed by atoms with van der Waals surface area (Å²) in [5, 5.41) is 12.1. The number of aliphatic imine (C=N–C) groups is 1. The molecule has 0 unspecified atom stereocenters. The molecule has 0 saturated heterocycles. The fourth-order valence-corrected chi connectivity index (χ4v) is 3.34. The molecule has 2 heterocycles. The molecule has 0 aliphatic carbocycles. The largest absolute Gasteiger partial charge is 0.562 e. The summed E-state index contributed by atoms with van der Waals surface area (Å²) in [4.78, 5) is 21.1. The average Bonchev–Trinajstić information content (AvgIpc) is 2.69. The van der Waals surface area contributed by atoms with Gasteiger partial charge >= 0.3 is 7.12 Å². The maximum Gasteiger partial charge on any atom is 0.562 e. The van der Waals surface area contributed by atoms with Crippen molar-refractivity contribution in [3.8, 4) is 0 Å². The zero-order valence-electron chi connectivity index (χ0n) is 15.1. The van der Waals surface area contributed by atoms with Gasteiger partial charge in [-0.1, -0.05) is 30.3 Å². The second-order valence-corrected chi connectivity index (χ2v) is 6.53. The maximum absolute atomic E-state index is 12.9. The van der Waals surface area contributed by atoms with E-state index in [0.29, 0.717) is 11.2 Å². The van der Waals surface area contributed by atoms with E-state index >= 15 is 0 Å². The van der Waals surface area contributed by atoms with Crippen LogP contribution in [0.2, 0.25) is 0 Å². The summed E-state index contributed by atoms with van der Waals surface area (Å²) in [7, 11) is -1.08. The lowest BCUT2D eigenvalue weighted by molar-refractivity contribution is -0.119. The van der Waals surface area contributed by atoms with Crippen LogP contribution in [0.25, 0.3) is 10.8 Å². The number of pyridine rings is 1. The molecule has 0 saturated carbocycles. The molecule has 142 valence electrons. The van der Waals surface area contributed by atoms with Gasteiger partial charge in [0.2, 0.25) is 0 Å². The van der Waals surface area contributed by atoms with E-state index in [1.54, 1.807) is 24.5 Å². The van der Waals surface area contributed by atoms with Crippen molar-refractivity contribution in [2.45, 2.75) is 12.3 Å². The molecule has 2 aromatic carbocycles.